The van der Waals surface area contributed by atoms with Crippen molar-refractivity contribution in [1.82, 2.24) is 14.9 Å². The number of H-pyrrole nitrogens is 1. The molecule has 1 heterocycles. The number of para-hydroxylation sites is 2. The Bertz CT molecular complexity index is 724. The largest absolute Gasteiger partial charge is 0.351 e. The van der Waals surface area contributed by atoms with Crippen molar-refractivity contribution in [2.75, 3.05) is 6.54 Å². The number of aromatic amines is 1. The summed E-state index contributed by atoms with van der Waals surface area (Å²) in [5.41, 5.74) is 7.04. The summed E-state index contributed by atoms with van der Waals surface area (Å²) in [6, 6.07) is 7.51. The van der Waals surface area contributed by atoms with E-state index in [2.05, 4.69) is 10.3 Å². The topological polar surface area (TPSA) is 92.9 Å². The average molecular weight is 339 g/mol. The van der Waals surface area contributed by atoms with Crippen LogP contribution in [0.1, 0.15) is 25.7 Å². The minimum atomic E-state index is -0.254. The zero-order valence-corrected chi connectivity index (χ0v) is 13.8. The van der Waals surface area contributed by atoms with E-state index >= 15 is 0 Å². The Hall–Kier alpha value is -1.79. The van der Waals surface area contributed by atoms with Gasteiger partial charge in [-0.1, -0.05) is 25.0 Å². The molecule has 0 aliphatic heterocycles. The lowest BCUT2D eigenvalue weighted by atomic mass is 9.84. The lowest BCUT2D eigenvalue weighted by Gasteiger charge is -2.31. The van der Waals surface area contributed by atoms with Gasteiger partial charge in [-0.3, -0.25) is 9.36 Å². The van der Waals surface area contributed by atoms with Gasteiger partial charge in [0.1, 0.15) is 6.54 Å². The summed E-state index contributed by atoms with van der Waals surface area (Å²) in [4.78, 5) is 27.1. The maximum atomic E-state index is 12.3. The van der Waals surface area contributed by atoms with Crippen LogP contribution < -0.4 is 16.7 Å². The summed E-state index contributed by atoms with van der Waals surface area (Å²) in [5, 5.41) is 3.06. The van der Waals surface area contributed by atoms with Crippen LogP contribution in [0.15, 0.2) is 29.1 Å². The number of nitrogens with two attached hydrogens (primary N) is 1. The fraction of sp³-hybridized carbons (Fsp3) is 0.500. The second kappa shape index (κ2) is 7.66. The van der Waals surface area contributed by atoms with E-state index in [1.807, 2.05) is 24.3 Å². The van der Waals surface area contributed by atoms with Gasteiger partial charge in [0.2, 0.25) is 5.91 Å². The van der Waals surface area contributed by atoms with Gasteiger partial charge in [0, 0.05) is 6.04 Å². The number of amides is 1. The molecule has 4 N–H and O–H groups in total. The zero-order chi connectivity index (χ0) is 15.5. The second-order valence-electron chi connectivity index (χ2n) is 5.99. The van der Waals surface area contributed by atoms with Crippen molar-refractivity contribution in [3.63, 3.8) is 0 Å². The second-order valence-corrected chi connectivity index (χ2v) is 5.99. The fourth-order valence-electron chi connectivity index (χ4n) is 3.34. The Kier molecular flexibility index (Phi) is 5.85. The van der Waals surface area contributed by atoms with Crippen molar-refractivity contribution in [1.29, 1.82) is 0 Å². The molecule has 1 fully saturated rings. The molecule has 1 aliphatic carbocycles. The van der Waals surface area contributed by atoms with Gasteiger partial charge in [-0.15, -0.1) is 12.4 Å². The number of benzene rings is 1. The highest BCUT2D eigenvalue weighted by molar-refractivity contribution is 5.85. The number of imidazole rings is 1. The first-order chi connectivity index (χ1) is 10.7. The molecule has 0 spiro atoms. The van der Waals surface area contributed by atoms with Crippen molar-refractivity contribution in [3.05, 3.63) is 34.7 Å². The van der Waals surface area contributed by atoms with E-state index in [-0.39, 0.29) is 36.6 Å². The van der Waals surface area contributed by atoms with E-state index in [4.69, 9.17) is 5.73 Å². The fourth-order valence-corrected chi connectivity index (χ4v) is 3.34. The molecule has 23 heavy (non-hydrogen) atoms. The molecule has 1 aliphatic rings. The Morgan fingerprint density at radius 1 is 1.30 bits per heavy atom. The van der Waals surface area contributed by atoms with Crippen molar-refractivity contribution >= 4 is 29.3 Å². The van der Waals surface area contributed by atoms with Crippen LogP contribution in [0.5, 0.6) is 0 Å². The molecule has 126 valence electrons. The van der Waals surface area contributed by atoms with E-state index in [0.717, 1.165) is 30.3 Å². The lowest BCUT2D eigenvalue weighted by molar-refractivity contribution is -0.122. The molecule has 7 heteroatoms. The summed E-state index contributed by atoms with van der Waals surface area (Å²) in [6.45, 7) is 0.634. The van der Waals surface area contributed by atoms with Crippen LogP contribution in [0.4, 0.5) is 0 Å². The molecular formula is C16H23ClN4O2. The average Bonchev–Trinajstić information content (AvgIpc) is 2.84. The molecule has 2 aromatic rings. The minimum absolute atomic E-state index is 0. The molecule has 1 saturated carbocycles. The predicted octanol–water partition coefficient (Wildman–Crippen LogP) is 1.39. The smallest absolute Gasteiger partial charge is 0.326 e. The SMILES string of the molecule is Cl.NCC1CCCCC1NC(=O)Cn1c(=O)[nH]c2ccccc21. The van der Waals surface area contributed by atoms with E-state index in [9.17, 15) is 9.59 Å². The third kappa shape index (κ3) is 3.76. The Labute approximate surface area is 140 Å². The van der Waals surface area contributed by atoms with Crippen LogP contribution in [0.25, 0.3) is 11.0 Å². The molecule has 1 aromatic heterocycles. The summed E-state index contributed by atoms with van der Waals surface area (Å²) in [7, 11) is 0. The zero-order valence-electron chi connectivity index (χ0n) is 13.0. The number of halogens is 1. The first-order valence-electron chi connectivity index (χ1n) is 7.86. The van der Waals surface area contributed by atoms with Gasteiger partial charge in [0.05, 0.1) is 11.0 Å². The summed E-state index contributed by atoms with van der Waals surface area (Å²) in [6.07, 6.45) is 4.33. The number of rotatable bonds is 4. The van der Waals surface area contributed by atoms with Crippen molar-refractivity contribution in [2.24, 2.45) is 11.7 Å². The quantitative estimate of drug-likeness (QED) is 0.786. The van der Waals surface area contributed by atoms with Gasteiger partial charge in [-0.2, -0.15) is 0 Å². The van der Waals surface area contributed by atoms with Gasteiger partial charge in [0.25, 0.3) is 0 Å². The van der Waals surface area contributed by atoms with Crippen LogP contribution in [0.3, 0.4) is 0 Å². The molecule has 0 bridgehead atoms. The van der Waals surface area contributed by atoms with Crippen LogP contribution in [-0.2, 0) is 11.3 Å². The third-order valence-electron chi connectivity index (χ3n) is 4.54. The van der Waals surface area contributed by atoms with Gasteiger partial charge >= 0.3 is 5.69 Å². The number of hydrogen-bond donors (Lipinski definition) is 3. The van der Waals surface area contributed by atoms with Gasteiger partial charge < -0.3 is 16.0 Å². The molecule has 1 amide bonds. The summed E-state index contributed by atoms with van der Waals surface area (Å²) >= 11 is 0. The van der Waals surface area contributed by atoms with Crippen molar-refractivity contribution in [2.45, 2.75) is 38.3 Å². The summed E-state index contributed by atoms with van der Waals surface area (Å²) in [5.74, 6) is 0.217. The maximum Gasteiger partial charge on any atom is 0.326 e. The Balaban J connectivity index is 0.00000192. The molecule has 2 atom stereocenters. The molecular weight excluding hydrogens is 316 g/mol. The van der Waals surface area contributed by atoms with Crippen LogP contribution in [-0.4, -0.2) is 28.0 Å². The predicted molar refractivity (Wildman–Crippen MR) is 92.7 cm³/mol. The molecule has 3 rings (SSSR count). The van der Waals surface area contributed by atoms with Crippen molar-refractivity contribution < 1.29 is 4.79 Å². The van der Waals surface area contributed by atoms with Crippen LogP contribution in [0, 0.1) is 5.92 Å². The van der Waals surface area contributed by atoms with Gasteiger partial charge in [-0.05, 0) is 37.4 Å². The van der Waals surface area contributed by atoms with Crippen molar-refractivity contribution in [3.8, 4) is 0 Å². The van der Waals surface area contributed by atoms with Crippen LogP contribution in [0.2, 0.25) is 0 Å². The highest BCUT2D eigenvalue weighted by Crippen LogP contribution is 2.23. The molecule has 2 unspecified atom stereocenters. The first kappa shape index (κ1) is 17.6. The van der Waals surface area contributed by atoms with Crippen LogP contribution >= 0.6 is 12.4 Å². The van der Waals surface area contributed by atoms with E-state index < -0.39 is 0 Å². The van der Waals surface area contributed by atoms with Gasteiger partial charge in [-0.25, -0.2) is 4.79 Å². The summed E-state index contributed by atoms with van der Waals surface area (Å²) < 4.78 is 1.48. The highest BCUT2D eigenvalue weighted by atomic mass is 35.5. The van der Waals surface area contributed by atoms with E-state index in [0.29, 0.717) is 12.5 Å². The van der Waals surface area contributed by atoms with Gasteiger partial charge in [0.15, 0.2) is 0 Å². The molecule has 1 aromatic carbocycles. The number of nitrogens with one attached hydrogen (secondary N) is 2. The Morgan fingerprint density at radius 3 is 2.83 bits per heavy atom. The monoisotopic (exact) mass is 338 g/mol. The standard InChI is InChI=1S/C16H22N4O2.ClH/c17-9-11-5-1-2-6-12(11)18-15(21)10-20-14-8-4-3-7-13(14)19-16(20)22;/h3-4,7-8,11-12H,1-2,5-6,9-10,17H2,(H,18,21)(H,19,22);1H. The lowest BCUT2D eigenvalue weighted by Crippen LogP contribution is -2.46. The number of carbonyl (C=O) groups excluding carboxylic acids is 1. The molecule has 6 nitrogen and oxygen atoms in total. The first-order valence-corrected chi connectivity index (χ1v) is 7.86. The molecule has 0 saturated heterocycles. The molecule has 0 radical (unpaired) electrons. The number of carbonyl (C=O) groups is 1. The van der Waals surface area contributed by atoms with E-state index in [1.165, 1.54) is 11.0 Å². The number of fused-ring (bicyclic) bond motifs is 1. The Morgan fingerprint density at radius 2 is 2.04 bits per heavy atom. The minimum Gasteiger partial charge on any atom is -0.351 e. The number of aromatic nitrogens is 2. The maximum absolute atomic E-state index is 12.3. The highest BCUT2D eigenvalue weighted by Gasteiger charge is 2.25. The van der Waals surface area contributed by atoms with E-state index in [1.54, 1.807) is 0 Å². The number of nitrogens with zero attached hydrogens (tertiary/aromatic N) is 1. The third-order valence-corrected chi connectivity index (χ3v) is 4.54. The number of hydrogen-bond acceptors (Lipinski definition) is 3. The normalized spacial score (nSPS) is 20.9.